The number of unbranched alkanes of at least 4 members (excludes halogenated alkanes) is 1. The molecule has 0 aromatic heterocycles. The number of carboxylic acid groups (broad SMARTS) is 1. The maximum Gasteiger partial charge on any atom is 0.326 e. The molecule has 0 saturated heterocycles. The number of carboxylic acids is 1. The lowest BCUT2D eigenvalue weighted by molar-refractivity contribution is -0.139. The summed E-state index contributed by atoms with van der Waals surface area (Å²) in [6.07, 6.45) is 3.57. The molecule has 0 unspecified atom stereocenters. The number of aliphatic carboxylic acids is 1. The van der Waals surface area contributed by atoms with Gasteiger partial charge in [-0.3, -0.25) is 4.79 Å². The molecule has 1 saturated carbocycles. The van der Waals surface area contributed by atoms with Gasteiger partial charge in [0.2, 0.25) is 10.0 Å². The van der Waals surface area contributed by atoms with Gasteiger partial charge in [0.1, 0.15) is 6.04 Å². The van der Waals surface area contributed by atoms with Gasteiger partial charge in [-0.1, -0.05) is 19.8 Å². The Hall–Kier alpha value is -1.93. The minimum Gasteiger partial charge on any atom is -0.480 e. The average molecular weight is 354 g/mol. The Balaban J connectivity index is 2.03. The molecule has 1 aliphatic rings. The van der Waals surface area contributed by atoms with E-state index in [9.17, 15) is 18.0 Å². The number of carbonyl (C=O) groups is 2. The number of amides is 1. The van der Waals surface area contributed by atoms with E-state index >= 15 is 0 Å². The van der Waals surface area contributed by atoms with Gasteiger partial charge in [0, 0.05) is 11.6 Å². The number of benzene rings is 1. The quantitative estimate of drug-likeness (QED) is 0.622. The Labute approximate surface area is 141 Å². The summed E-state index contributed by atoms with van der Waals surface area (Å²) >= 11 is 0. The lowest BCUT2D eigenvalue weighted by Crippen LogP contribution is -2.40. The second-order valence-electron chi connectivity index (χ2n) is 5.93. The first-order valence-electron chi connectivity index (χ1n) is 7.99. The Morgan fingerprint density at radius 1 is 1.25 bits per heavy atom. The summed E-state index contributed by atoms with van der Waals surface area (Å²) in [7, 11) is -3.56. The Morgan fingerprint density at radius 3 is 2.38 bits per heavy atom. The Kier molecular flexibility index (Phi) is 5.95. The molecule has 1 aromatic carbocycles. The van der Waals surface area contributed by atoms with Gasteiger partial charge in [-0.05, 0) is 43.5 Å². The van der Waals surface area contributed by atoms with E-state index in [1.165, 1.54) is 24.3 Å². The fourth-order valence-electron chi connectivity index (χ4n) is 2.18. The summed E-state index contributed by atoms with van der Waals surface area (Å²) in [6, 6.07) is 4.53. The number of hydrogen-bond acceptors (Lipinski definition) is 4. The van der Waals surface area contributed by atoms with Crippen LogP contribution in [0, 0.1) is 0 Å². The van der Waals surface area contributed by atoms with Crippen molar-refractivity contribution in [1.29, 1.82) is 0 Å². The van der Waals surface area contributed by atoms with Crippen molar-refractivity contribution in [2.45, 2.75) is 56.0 Å². The summed E-state index contributed by atoms with van der Waals surface area (Å²) in [5, 5.41) is 11.6. The minimum absolute atomic E-state index is 0.00728. The zero-order chi connectivity index (χ0) is 17.7. The highest BCUT2D eigenvalue weighted by molar-refractivity contribution is 7.89. The van der Waals surface area contributed by atoms with Crippen LogP contribution in [0.5, 0.6) is 0 Å². The molecular weight excluding hydrogens is 332 g/mol. The van der Waals surface area contributed by atoms with E-state index in [4.69, 9.17) is 5.11 Å². The number of nitrogens with one attached hydrogen (secondary N) is 2. The molecular formula is C16H22N2O5S. The van der Waals surface area contributed by atoms with Crippen molar-refractivity contribution in [2.24, 2.45) is 0 Å². The van der Waals surface area contributed by atoms with Crippen molar-refractivity contribution in [2.75, 3.05) is 0 Å². The first-order valence-corrected chi connectivity index (χ1v) is 9.48. The average Bonchev–Trinajstić information content (AvgIpc) is 3.34. The molecule has 24 heavy (non-hydrogen) atoms. The van der Waals surface area contributed by atoms with Gasteiger partial charge in [0.15, 0.2) is 0 Å². The van der Waals surface area contributed by atoms with E-state index in [0.29, 0.717) is 12.8 Å². The Bertz CT molecular complexity index is 696. The van der Waals surface area contributed by atoms with Crippen LogP contribution < -0.4 is 10.0 Å². The standard InChI is InChI=1S/C16H22N2O5S/c1-2-3-4-14(16(20)21)17-15(19)11-5-9-13(10-6-11)24(22,23)18-12-7-8-12/h5-6,9-10,12,14,18H,2-4,7-8H2,1H3,(H,17,19)(H,20,21)/t14-/m0/s1. The van der Waals surface area contributed by atoms with Crippen LogP contribution >= 0.6 is 0 Å². The molecule has 8 heteroatoms. The predicted molar refractivity (Wildman–Crippen MR) is 88.2 cm³/mol. The van der Waals surface area contributed by atoms with Crippen molar-refractivity contribution in [1.82, 2.24) is 10.0 Å². The van der Waals surface area contributed by atoms with Gasteiger partial charge in [0.25, 0.3) is 5.91 Å². The summed E-state index contributed by atoms with van der Waals surface area (Å²) in [4.78, 5) is 23.4. The van der Waals surface area contributed by atoms with Crippen molar-refractivity contribution < 1.29 is 23.1 Å². The molecule has 0 heterocycles. The summed E-state index contributed by atoms with van der Waals surface area (Å²) in [5.74, 6) is -1.61. The minimum atomic E-state index is -3.56. The van der Waals surface area contributed by atoms with Crippen LogP contribution in [-0.2, 0) is 14.8 Å². The zero-order valence-electron chi connectivity index (χ0n) is 13.5. The van der Waals surface area contributed by atoms with Gasteiger partial charge in [0.05, 0.1) is 4.90 Å². The molecule has 1 aliphatic carbocycles. The van der Waals surface area contributed by atoms with Crippen LogP contribution in [-0.4, -0.2) is 37.5 Å². The van der Waals surface area contributed by atoms with Crippen molar-refractivity contribution >= 4 is 21.9 Å². The molecule has 1 amide bonds. The van der Waals surface area contributed by atoms with E-state index in [0.717, 1.165) is 19.3 Å². The van der Waals surface area contributed by atoms with E-state index in [1.807, 2.05) is 6.92 Å². The number of rotatable bonds is 9. The van der Waals surface area contributed by atoms with Crippen molar-refractivity contribution in [3.8, 4) is 0 Å². The van der Waals surface area contributed by atoms with Gasteiger partial charge in [-0.25, -0.2) is 17.9 Å². The van der Waals surface area contributed by atoms with Crippen LogP contribution in [0.3, 0.4) is 0 Å². The fourth-order valence-corrected chi connectivity index (χ4v) is 3.49. The normalized spacial score (nSPS) is 15.7. The summed E-state index contributed by atoms with van der Waals surface area (Å²) in [6.45, 7) is 1.94. The molecule has 132 valence electrons. The smallest absolute Gasteiger partial charge is 0.326 e. The third-order valence-corrected chi connectivity index (χ3v) is 5.31. The summed E-state index contributed by atoms with van der Waals surface area (Å²) in [5.41, 5.74) is 0.225. The molecule has 0 spiro atoms. The van der Waals surface area contributed by atoms with Gasteiger partial charge >= 0.3 is 5.97 Å². The van der Waals surface area contributed by atoms with Gasteiger partial charge in [-0.2, -0.15) is 0 Å². The van der Waals surface area contributed by atoms with E-state index in [2.05, 4.69) is 10.0 Å². The highest BCUT2D eigenvalue weighted by atomic mass is 32.2. The largest absolute Gasteiger partial charge is 0.480 e. The second-order valence-corrected chi connectivity index (χ2v) is 7.64. The van der Waals surface area contributed by atoms with Crippen molar-refractivity contribution in [3.63, 3.8) is 0 Å². The molecule has 1 atom stereocenters. The van der Waals surface area contributed by atoms with Gasteiger partial charge < -0.3 is 10.4 Å². The van der Waals surface area contributed by atoms with Crippen LogP contribution in [0.15, 0.2) is 29.2 Å². The van der Waals surface area contributed by atoms with Crippen LogP contribution in [0.25, 0.3) is 0 Å². The number of hydrogen-bond donors (Lipinski definition) is 3. The maximum absolute atomic E-state index is 12.1. The monoisotopic (exact) mass is 354 g/mol. The predicted octanol–water partition coefficient (Wildman–Crippen LogP) is 1.50. The number of carbonyl (C=O) groups excluding carboxylic acids is 1. The van der Waals surface area contributed by atoms with Gasteiger partial charge in [-0.15, -0.1) is 0 Å². The molecule has 0 bridgehead atoms. The first-order chi connectivity index (χ1) is 11.3. The molecule has 3 N–H and O–H groups in total. The van der Waals surface area contributed by atoms with E-state index < -0.39 is 27.9 Å². The molecule has 0 aliphatic heterocycles. The van der Waals surface area contributed by atoms with E-state index in [1.54, 1.807) is 0 Å². The first kappa shape index (κ1) is 18.4. The fraction of sp³-hybridized carbons (Fsp3) is 0.500. The second kappa shape index (κ2) is 7.76. The third-order valence-electron chi connectivity index (χ3n) is 3.78. The highest BCUT2D eigenvalue weighted by Gasteiger charge is 2.28. The molecule has 0 radical (unpaired) electrons. The zero-order valence-corrected chi connectivity index (χ0v) is 14.3. The lowest BCUT2D eigenvalue weighted by Gasteiger charge is -2.14. The number of sulfonamides is 1. The molecule has 1 aromatic rings. The lowest BCUT2D eigenvalue weighted by atomic mass is 10.1. The van der Waals surface area contributed by atoms with Crippen LogP contribution in [0.1, 0.15) is 49.4 Å². The highest BCUT2D eigenvalue weighted by Crippen LogP contribution is 2.22. The molecule has 2 rings (SSSR count). The van der Waals surface area contributed by atoms with Crippen molar-refractivity contribution in [3.05, 3.63) is 29.8 Å². The molecule has 7 nitrogen and oxygen atoms in total. The molecule has 1 fully saturated rings. The Morgan fingerprint density at radius 2 is 1.88 bits per heavy atom. The van der Waals surface area contributed by atoms with E-state index in [-0.39, 0.29) is 16.5 Å². The summed E-state index contributed by atoms with van der Waals surface area (Å²) < 4.78 is 26.7. The SMILES string of the molecule is CCCC[C@H](NC(=O)c1ccc(S(=O)(=O)NC2CC2)cc1)C(=O)O. The third kappa shape index (κ3) is 5.04. The topological polar surface area (TPSA) is 113 Å². The van der Waals surface area contributed by atoms with Crippen LogP contribution in [0.4, 0.5) is 0 Å². The maximum atomic E-state index is 12.1. The van der Waals surface area contributed by atoms with Crippen LogP contribution in [0.2, 0.25) is 0 Å².